The van der Waals surface area contributed by atoms with E-state index in [2.05, 4.69) is 22.9 Å². The highest BCUT2D eigenvalue weighted by atomic mass is 19.1. The molecule has 0 aromatic heterocycles. The van der Waals surface area contributed by atoms with E-state index in [4.69, 9.17) is 9.73 Å². The van der Waals surface area contributed by atoms with Gasteiger partial charge in [-0.25, -0.2) is 4.39 Å². The van der Waals surface area contributed by atoms with Gasteiger partial charge in [0.05, 0.1) is 5.70 Å². The fraction of sp³-hybridized carbons (Fsp3) is 0.222. The topological polar surface area (TPSA) is 62.7 Å². The number of halogens is 1. The number of ether oxygens (including phenoxy) is 1. The standard InChI is InChI=1S/C27H26FN3O2/c1-2-25(29-17-20-7-13-24(14-8-20)31-19-32)26-6-3-5-22(18-30-26)27(15-4-16-33-27)21-9-11-23(28)12-10-21/h3,5-14,18-19,26,29H,1,4,15-17H2,(H,31,32). The molecule has 2 aliphatic heterocycles. The summed E-state index contributed by atoms with van der Waals surface area (Å²) in [6.07, 6.45) is 10.2. The molecular formula is C27H26FN3O2. The SMILES string of the molecule is C=C=C(NCc1ccc(NC=O)cc1)C1C=CC=C(C2(c3ccc(F)cc3)CCCO2)C=N1. The second-order valence-corrected chi connectivity index (χ2v) is 7.92. The van der Waals surface area contributed by atoms with Crippen molar-refractivity contribution in [3.63, 3.8) is 0 Å². The zero-order chi connectivity index (χ0) is 23.1. The van der Waals surface area contributed by atoms with Crippen LogP contribution >= 0.6 is 0 Å². The van der Waals surface area contributed by atoms with Gasteiger partial charge in [-0.1, -0.05) is 49.1 Å². The van der Waals surface area contributed by atoms with E-state index in [1.807, 2.05) is 48.7 Å². The van der Waals surface area contributed by atoms with E-state index in [0.717, 1.165) is 40.9 Å². The monoisotopic (exact) mass is 443 g/mol. The molecule has 0 bridgehead atoms. The number of hydrogen-bond acceptors (Lipinski definition) is 4. The summed E-state index contributed by atoms with van der Waals surface area (Å²) < 4.78 is 19.7. The lowest BCUT2D eigenvalue weighted by molar-refractivity contribution is -0.105. The van der Waals surface area contributed by atoms with Crippen molar-refractivity contribution in [3.8, 4) is 0 Å². The smallest absolute Gasteiger partial charge is 0.211 e. The number of amides is 1. The number of nitrogens with one attached hydrogen (secondary N) is 2. The predicted octanol–water partition coefficient (Wildman–Crippen LogP) is 4.79. The van der Waals surface area contributed by atoms with Crippen molar-refractivity contribution < 1.29 is 13.9 Å². The van der Waals surface area contributed by atoms with Gasteiger partial charge in [-0.3, -0.25) is 9.79 Å². The van der Waals surface area contributed by atoms with Crippen LogP contribution in [0.5, 0.6) is 0 Å². The van der Waals surface area contributed by atoms with Gasteiger partial charge in [0.25, 0.3) is 0 Å². The number of nitrogens with zero attached hydrogens (tertiary/aromatic N) is 1. The molecule has 2 unspecified atom stereocenters. The predicted molar refractivity (Wildman–Crippen MR) is 128 cm³/mol. The van der Waals surface area contributed by atoms with Gasteiger partial charge in [0.15, 0.2) is 0 Å². The lowest BCUT2D eigenvalue weighted by Gasteiger charge is -2.30. The second kappa shape index (κ2) is 10.3. The van der Waals surface area contributed by atoms with Crippen LogP contribution in [0, 0.1) is 5.82 Å². The van der Waals surface area contributed by atoms with Crippen molar-refractivity contribution in [3.05, 3.63) is 107 Å². The minimum atomic E-state index is -0.626. The molecule has 0 spiro atoms. The maximum Gasteiger partial charge on any atom is 0.211 e. The molecule has 33 heavy (non-hydrogen) atoms. The molecule has 1 saturated heterocycles. The van der Waals surface area contributed by atoms with Crippen LogP contribution in [0.3, 0.4) is 0 Å². The van der Waals surface area contributed by atoms with Gasteiger partial charge in [-0.15, -0.1) is 5.73 Å². The Morgan fingerprint density at radius 2 is 2.03 bits per heavy atom. The van der Waals surface area contributed by atoms with E-state index in [-0.39, 0.29) is 11.9 Å². The van der Waals surface area contributed by atoms with Crippen LogP contribution in [0.4, 0.5) is 10.1 Å². The van der Waals surface area contributed by atoms with Crippen molar-refractivity contribution >= 4 is 18.3 Å². The fourth-order valence-corrected chi connectivity index (χ4v) is 4.16. The Balaban J connectivity index is 1.48. The molecule has 0 aliphatic carbocycles. The van der Waals surface area contributed by atoms with Crippen molar-refractivity contribution in [2.45, 2.75) is 31.0 Å². The molecular weight excluding hydrogens is 417 g/mol. The third-order valence-electron chi connectivity index (χ3n) is 5.89. The van der Waals surface area contributed by atoms with Gasteiger partial charge in [0, 0.05) is 30.6 Å². The number of benzene rings is 2. The van der Waals surface area contributed by atoms with Crippen LogP contribution in [-0.4, -0.2) is 25.3 Å². The molecule has 2 aromatic rings. The molecule has 5 nitrogen and oxygen atoms in total. The molecule has 2 aliphatic rings. The molecule has 4 rings (SSSR count). The number of rotatable bonds is 8. The zero-order valence-electron chi connectivity index (χ0n) is 18.3. The molecule has 168 valence electrons. The van der Waals surface area contributed by atoms with Gasteiger partial charge >= 0.3 is 0 Å². The molecule has 2 N–H and O–H groups in total. The largest absolute Gasteiger partial charge is 0.376 e. The van der Waals surface area contributed by atoms with Gasteiger partial charge < -0.3 is 15.4 Å². The van der Waals surface area contributed by atoms with Gasteiger partial charge in [-0.2, -0.15) is 0 Å². The average Bonchev–Trinajstić information content (AvgIpc) is 3.21. The maximum absolute atomic E-state index is 13.5. The minimum absolute atomic E-state index is 0.265. The van der Waals surface area contributed by atoms with E-state index >= 15 is 0 Å². The number of carbonyl (C=O) groups excluding carboxylic acids is 1. The first-order valence-electron chi connectivity index (χ1n) is 10.9. The number of anilines is 1. The number of allylic oxidation sites excluding steroid dienone is 2. The minimum Gasteiger partial charge on any atom is -0.376 e. The highest BCUT2D eigenvalue weighted by molar-refractivity contribution is 5.83. The fourth-order valence-electron chi connectivity index (χ4n) is 4.16. The molecule has 6 heteroatoms. The van der Waals surface area contributed by atoms with Crippen molar-refractivity contribution in [2.75, 3.05) is 11.9 Å². The molecule has 2 atom stereocenters. The molecule has 1 amide bonds. The highest BCUT2D eigenvalue weighted by Gasteiger charge is 2.40. The summed E-state index contributed by atoms with van der Waals surface area (Å²) in [5, 5.41) is 5.98. The Bertz CT molecular complexity index is 1120. The molecule has 2 heterocycles. The van der Waals surface area contributed by atoms with E-state index < -0.39 is 5.60 Å². The van der Waals surface area contributed by atoms with Crippen molar-refractivity contribution in [2.24, 2.45) is 4.99 Å². The van der Waals surface area contributed by atoms with Crippen LogP contribution in [-0.2, 0) is 21.7 Å². The van der Waals surface area contributed by atoms with E-state index in [1.54, 1.807) is 12.1 Å². The van der Waals surface area contributed by atoms with E-state index in [0.29, 0.717) is 19.6 Å². The van der Waals surface area contributed by atoms with E-state index in [1.165, 1.54) is 12.1 Å². The summed E-state index contributed by atoms with van der Waals surface area (Å²) in [4.78, 5) is 15.3. The first-order chi connectivity index (χ1) is 16.1. The number of carbonyl (C=O) groups is 1. The first kappa shape index (κ1) is 22.5. The summed E-state index contributed by atoms with van der Waals surface area (Å²) in [5.74, 6) is -0.267. The summed E-state index contributed by atoms with van der Waals surface area (Å²) in [6.45, 7) is 5.05. The lowest BCUT2D eigenvalue weighted by atomic mass is 9.83. The lowest BCUT2D eigenvalue weighted by Crippen LogP contribution is -2.28. The third kappa shape index (κ3) is 5.03. The average molecular weight is 444 g/mol. The molecule has 2 aromatic carbocycles. The van der Waals surface area contributed by atoms with Crippen LogP contribution in [0.2, 0.25) is 0 Å². The Labute approximate surface area is 193 Å². The van der Waals surface area contributed by atoms with Gasteiger partial charge in [0.1, 0.15) is 17.5 Å². The van der Waals surface area contributed by atoms with Crippen molar-refractivity contribution in [1.29, 1.82) is 0 Å². The van der Waals surface area contributed by atoms with Crippen LogP contribution in [0.15, 0.2) is 95.3 Å². The Kier molecular flexibility index (Phi) is 6.98. The summed E-state index contributed by atoms with van der Waals surface area (Å²) >= 11 is 0. The van der Waals surface area contributed by atoms with Gasteiger partial charge in [0.2, 0.25) is 6.41 Å². The molecule has 0 saturated carbocycles. The van der Waals surface area contributed by atoms with Crippen LogP contribution in [0.1, 0.15) is 24.0 Å². The molecule has 1 fully saturated rings. The number of aliphatic imine (C=N–C) groups is 1. The summed E-state index contributed by atoms with van der Waals surface area (Å²) in [6, 6.07) is 13.8. The van der Waals surface area contributed by atoms with Crippen LogP contribution < -0.4 is 10.6 Å². The molecule has 0 radical (unpaired) electrons. The van der Waals surface area contributed by atoms with Gasteiger partial charge in [-0.05, 0) is 48.2 Å². The summed E-state index contributed by atoms with van der Waals surface area (Å²) in [7, 11) is 0. The normalized spacial score (nSPS) is 21.6. The Morgan fingerprint density at radius 3 is 2.70 bits per heavy atom. The second-order valence-electron chi connectivity index (χ2n) is 7.92. The zero-order valence-corrected chi connectivity index (χ0v) is 18.3. The highest BCUT2D eigenvalue weighted by Crippen LogP contribution is 2.42. The Morgan fingerprint density at radius 1 is 1.24 bits per heavy atom. The van der Waals surface area contributed by atoms with Crippen molar-refractivity contribution in [1.82, 2.24) is 5.32 Å². The first-order valence-corrected chi connectivity index (χ1v) is 10.9. The Hall–Kier alpha value is -3.73. The summed E-state index contributed by atoms with van der Waals surface area (Å²) in [5.41, 5.74) is 6.76. The number of hydrogen-bond donors (Lipinski definition) is 2. The third-order valence-corrected chi connectivity index (χ3v) is 5.89. The van der Waals surface area contributed by atoms with Crippen LogP contribution in [0.25, 0.3) is 0 Å². The maximum atomic E-state index is 13.5. The quantitative estimate of drug-likeness (QED) is 0.455. The van der Waals surface area contributed by atoms with E-state index in [9.17, 15) is 9.18 Å².